The van der Waals surface area contributed by atoms with E-state index in [0.717, 1.165) is 0 Å². The number of hydrogen-bond donors (Lipinski definition) is 4. The second-order valence-corrected chi connectivity index (χ2v) is 4.03. The predicted octanol–water partition coefficient (Wildman–Crippen LogP) is 1.40. The first-order chi connectivity index (χ1) is 10.4. The number of nitro groups is 1. The van der Waals surface area contributed by atoms with Crippen LogP contribution in [0, 0.1) is 10.1 Å². The molecule has 0 spiro atoms. The molecule has 22 heavy (non-hydrogen) atoms. The fourth-order valence-corrected chi connectivity index (χ4v) is 1.58. The minimum atomic E-state index is -0.968. The van der Waals surface area contributed by atoms with Gasteiger partial charge in [-0.15, -0.1) is 0 Å². The van der Waals surface area contributed by atoms with Crippen molar-refractivity contribution in [1.82, 2.24) is 0 Å². The van der Waals surface area contributed by atoms with Crippen molar-refractivity contribution < 1.29 is 19.6 Å². The molecule has 1 aromatic rings. The summed E-state index contributed by atoms with van der Waals surface area (Å²) in [6, 6.07) is 4.07. The monoisotopic (exact) mass is 312 g/mol. The maximum absolute atomic E-state index is 11.6. The van der Waals surface area contributed by atoms with Crippen LogP contribution in [-0.4, -0.2) is 36.0 Å². The lowest BCUT2D eigenvalue weighted by atomic mass is 10.2. The number of non-ortho nitro benzene ring substituents is 1. The van der Waals surface area contributed by atoms with E-state index in [-0.39, 0.29) is 30.9 Å². The second kappa shape index (κ2) is 10.1. The number of nitrogens with zero attached hydrogens (tertiary/aromatic N) is 1. The third kappa shape index (κ3) is 6.66. The lowest BCUT2D eigenvalue weighted by molar-refractivity contribution is -0.384. The van der Waals surface area contributed by atoms with Crippen molar-refractivity contribution in [2.45, 2.75) is 19.3 Å². The summed E-state index contributed by atoms with van der Waals surface area (Å²) in [7, 11) is 3.13. The van der Waals surface area contributed by atoms with Crippen LogP contribution in [0.5, 0.6) is 0 Å². The van der Waals surface area contributed by atoms with Crippen molar-refractivity contribution in [3.05, 3.63) is 28.3 Å². The average Bonchev–Trinajstić information content (AvgIpc) is 2.48. The van der Waals surface area contributed by atoms with Gasteiger partial charge in [0, 0.05) is 32.0 Å². The number of hydrogen-bond acceptors (Lipinski definition) is 6. The lowest BCUT2D eigenvalue weighted by Gasteiger charge is -2.10. The number of carbonyl (C=O) groups is 2. The first kappa shape index (κ1) is 19.3. The number of benzene rings is 1. The van der Waals surface area contributed by atoms with Crippen LogP contribution in [0.2, 0.25) is 0 Å². The Hall–Kier alpha value is -2.68. The van der Waals surface area contributed by atoms with Crippen LogP contribution in [0.25, 0.3) is 0 Å². The SMILES string of the molecule is CN.CNc1ccc([N+](=O)[O-])cc1NC(=O)CCCC(=O)O. The van der Waals surface area contributed by atoms with Gasteiger partial charge < -0.3 is 21.5 Å². The molecule has 0 saturated heterocycles. The van der Waals surface area contributed by atoms with Gasteiger partial charge in [-0.25, -0.2) is 0 Å². The molecule has 0 aliphatic carbocycles. The van der Waals surface area contributed by atoms with Crippen LogP contribution >= 0.6 is 0 Å². The molecule has 0 aliphatic rings. The highest BCUT2D eigenvalue weighted by molar-refractivity contribution is 5.94. The molecule has 1 amide bonds. The molecule has 0 saturated carbocycles. The summed E-state index contributed by atoms with van der Waals surface area (Å²) in [6.07, 6.45) is 0.157. The van der Waals surface area contributed by atoms with Gasteiger partial charge in [0.05, 0.1) is 16.3 Å². The molecule has 0 atom stereocenters. The molecule has 0 unspecified atom stereocenters. The van der Waals surface area contributed by atoms with Crippen LogP contribution in [0.3, 0.4) is 0 Å². The van der Waals surface area contributed by atoms with Crippen molar-refractivity contribution >= 4 is 28.9 Å². The van der Waals surface area contributed by atoms with E-state index < -0.39 is 10.9 Å². The molecule has 0 heterocycles. The topological polar surface area (TPSA) is 148 Å². The molecule has 0 aliphatic heterocycles. The largest absolute Gasteiger partial charge is 0.481 e. The number of carboxylic acids is 1. The molecular weight excluding hydrogens is 292 g/mol. The smallest absolute Gasteiger partial charge is 0.303 e. The summed E-state index contributed by atoms with van der Waals surface area (Å²) in [6.45, 7) is 0. The second-order valence-electron chi connectivity index (χ2n) is 4.03. The van der Waals surface area contributed by atoms with E-state index in [0.29, 0.717) is 11.4 Å². The van der Waals surface area contributed by atoms with Gasteiger partial charge in [0.25, 0.3) is 5.69 Å². The number of aliphatic carboxylic acids is 1. The van der Waals surface area contributed by atoms with E-state index in [1.807, 2.05) is 0 Å². The molecule has 9 nitrogen and oxygen atoms in total. The number of nitrogens with two attached hydrogens (primary N) is 1. The number of anilines is 2. The number of amides is 1. The molecule has 1 rings (SSSR count). The molecule has 5 N–H and O–H groups in total. The van der Waals surface area contributed by atoms with Crippen molar-refractivity contribution in [3.8, 4) is 0 Å². The molecule has 122 valence electrons. The fourth-order valence-electron chi connectivity index (χ4n) is 1.58. The number of carbonyl (C=O) groups excluding carboxylic acids is 1. The van der Waals surface area contributed by atoms with Crippen LogP contribution in [0.4, 0.5) is 17.1 Å². The first-order valence-corrected chi connectivity index (χ1v) is 6.49. The molecule has 9 heteroatoms. The minimum Gasteiger partial charge on any atom is -0.481 e. The zero-order valence-corrected chi connectivity index (χ0v) is 12.5. The molecular formula is C13H20N4O5. The van der Waals surface area contributed by atoms with Crippen LogP contribution < -0.4 is 16.4 Å². The third-order valence-electron chi connectivity index (χ3n) is 2.55. The normalized spacial score (nSPS) is 9.23. The minimum absolute atomic E-state index is 0.0398. The fraction of sp³-hybridized carbons (Fsp3) is 0.385. The summed E-state index contributed by atoms with van der Waals surface area (Å²) in [4.78, 5) is 32.1. The van der Waals surface area contributed by atoms with E-state index in [4.69, 9.17) is 5.11 Å². The van der Waals surface area contributed by atoms with Gasteiger partial charge in [0.1, 0.15) is 0 Å². The average molecular weight is 312 g/mol. The van der Waals surface area contributed by atoms with E-state index in [2.05, 4.69) is 16.4 Å². The Kier molecular flexibility index (Phi) is 8.87. The quantitative estimate of drug-likeness (QED) is 0.439. The van der Waals surface area contributed by atoms with Gasteiger partial charge >= 0.3 is 5.97 Å². The standard InChI is InChI=1S/C12H15N3O5.CH5N/c1-13-9-6-5-8(15(19)20)7-10(9)14-11(16)3-2-4-12(17)18;1-2/h5-7,13H,2-4H2,1H3,(H,14,16)(H,17,18);2H2,1H3. The van der Waals surface area contributed by atoms with Gasteiger partial charge in [-0.1, -0.05) is 0 Å². The Labute approximate surface area is 127 Å². The third-order valence-corrected chi connectivity index (χ3v) is 2.55. The summed E-state index contributed by atoms with van der Waals surface area (Å²) < 4.78 is 0. The van der Waals surface area contributed by atoms with Crippen LogP contribution in [0.15, 0.2) is 18.2 Å². The van der Waals surface area contributed by atoms with Gasteiger partial charge in [-0.05, 0) is 19.5 Å². The zero-order valence-electron chi connectivity index (χ0n) is 12.5. The highest BCUT2D eigenvalue weighted by atomic mass is 16.6. The molecule has 0 aromatic heterocycles. The highest BCUT2D eigenvalue weighted by Gasteiger charge is 2.12. The Bertz CT molecular complexity index is 533. The van der Waals surface area contributed by atoms with E-state index >= 15 is 0 Å². The molecule has 0 radical (unpaired) electrons. The van der Waals surface area contributed by atoms with Crippen molar-refractivity contribution in [1.29, 1.82) is 0 Å². The predicted molar refractivity (Wildman–Crippen MR) is 82.9 cm³/mol. The summed E-state index contributed by atoms with van der Waals surface area (Å²) in [5, 5.41) is 24.5. The number of nitrogens with one attached hydrogen (secondary N) is 2. The summed E-state index contributed by atoms with van der Waals surface area (Å²) >= 11 is 0. The Morgan fingerprint density at radius 1 is 1.27 bits per heavy atom. The van der Waals surface area contributed by atoms with E-state index in [1.54, 1.807) is 7.05 Å². The Morgan fingerprint density at radius 3 is 2.41 bits per heavy atom. The summed E-state index contributed by atoms with van der Waals surface area (Å²) in [5.74, 6) is -1.35. The maximum Gasteiger partial charge on any atom is 0.303 e. The summed E-state index contributed by atoms with van der Waals surface area (Å²) in [5.41, 5.74) is 5.20. The van der Waals surface area contributed by atoms with E-state index in [1.165, 1.54) is 25.2 Å². The van der Waals surface area contributed by atoms with E-state index in [9.17, 15) is 19.7 Å². The first-order valence-electron chi connectivity index (χ1n) is 6.49. The molecule has 1 aromatic carbocycles. The lowest BCUT2D eigenvalue weighted by Crippen LogP contribution is -2.13. The van der Waals surface area contributed by atoms with Crippen molar-refractivity contribution in [2.24, 2.45) is 5.73 Å². The Morgan fingerprint density at radius 2 is 1.91 bits per heavy atom. The van der Waals surface area contributed by atoms with Crippen LogP contribution in [-0.2, 0) is 9.59 Å². The molecule has 0 fully saturated rings. The Balaban J connectivity index is 0.00000211. The van der Waals surface area contributed by atoms with Gasteiger partial charge in [0.2, 0.25) is 5.91 Å². The number of carboxylic acid groups (broad SMARTS) is 1. The maximum atomic E-state index is 11.6. The number of nitro benzene ring substituents is 1. The van der Waals surface area contributed by atoms with Gasteiger partial charge in [0.15, 0.2) is 0 Å². The van der Waals surface area contributed by atoms with Gasteiger partial charge in [-0.3, -0.25) is 19.7 Å². The van der Waals surface area contributed by atoms with Crippen molar-refractivity contribution in [3.63, 3.8) is 0 Å². The zero-order chi connectivity index (χ0) is 17.1. The van der Waals surface area contributed by atoms with Crippen molar-refractivity contribution in [2.75, 3.05) is 24.7 Å². The van der Waals surface area contributed by atoms with Gasteiger partial charge in [-0.2, -0.15) is 0 Å². The number of rotatable bonds is 7. The highest BCUT2D eigenvalue weighted by Crippen LogP contribution is 2.26. The van der Waals surface area contributed by atoms with Crippen LogP contribution in [0.1, 0.15) is 19.3 Å². The molecule has 0 bridgehead atoms.